The number of aromatic amines is 1. The first-order valence-electron chi connectivity index (χ1n) is 7.56. The van der Waals surface area contributed by atoms with Crippen molar-refractivity contribution < 1.29 is 4.79 Å². The molecule has 2 rings (SSSR count). The van der Waals surface area contributed by atoms with Gasteiger partial charge in [0.05, 0.1) is 10.9 Å². The number of H-pyrrole nitrogens is 1. The van der Waals surface area contributed by atoms with Crippen LogP contribution in [0.15, 0.2) is 29.1 Å². The van der Waals surface area contributed by atoms with Gasteiger partial charge < -0.3 is 16.0 Å². The molecule has 0 bridgehead atoms. The van der Waals surface area contributed by atoms with Crippen LogP contribution in [0.3, 0.4) is 0 Å². The Morgan fingerprint density at radius 2 is 2.18 bits per heavy atom. The zero-order chi connectivity index (χ0) is 15.9. The molecule has 1 amide bonds. The number of hydrogen-bond donors (Lipinski definition) is 3. The van der Waals surface area contributed by atoms with Crippen molar-refractivity contribution in [3.63, 3.8) is 0 Å². The van der Waals surface area contributed by atoms with Gasteiger partial charge in [-0.2, -0.15) is 0 Å². The third-order valence-electron chi connectivity index (χ3n) is 3.40. The monoisotopic (exact) mass is 302 g/mol. The lowest BCUT2D eigenvalue weighted by atomic mass is 10.2. The maximum absolute atomic E-state index is 11.9. The van der Waals surface area contributed by atoms with Gasteiger partial charge in [-0.05, 0) is 31.9 Å². The molecule has 1 aromatic carbocycles. The topological polar surface area (TPSA) is 101 Å². The minimum atomic E-state index is -0.137. The van der Waals surface area contributed by atoms with E-state index in [1.165, 1.54) is 0 Å². The van der Waals surface area contributed by atoms with Crippen LogP contribution in [0.5, 0.6) is 0 Å². The molecule has 2 aromatic rings. The second-order valence-electron chi connectivity index (χ2n) is 5.50. The molecule has 1 heterocycles. The molecule has 0 radical (unpaired) electrons. The molecule has 4 N–H and O–H groups in total. The van der Waals surface area contributed by atoms with Crippen molar-refractivity contribution in [2.45, 2.75) is 38.6 Å². The number of amides is 1. The number of carbonyl (C=O) groups is 1. The lowest BCUT2D eigenvalue weighted by molar-refractivity contribution is -0.121. The van der Waals surface area contributed by atoms with E-state index in [0.29, 0.717) is 42.5 Å². The van der Waals surface area contributed by atoms with E-state index in [4.69, 9.17) is 5.73 Å². The van der Waals surface area contributed by atoms with Crippen LogP contribution in [0.1, 0.15) is 32.0 Å². The van der Waals surface area contributed by atoms with E-state index in [1.807, 2.05) is 25.1 Å². The van der Waals surface area contributed by atoms with Crippen molar-refractivity contribution in [3.05, 3.63) is 40.4 Å². The highest BCUT2D eigenvalue weighted by molar-refractivity contribution is 5.77. The zero-order valence-electron chi connectivity index (χ0n) is 12.8. The Bertz CT molecular complexity index is 694. The van der Waals surface area contributed by atoms with E-state index >= 15 is 0 Å². The Labute approximate surface area is 129 Å². The highest BCUT2D eigenvalue weighted by atomic mass is 16.1. The third-order valence-corrected chi connectivity index (χ3v) is 3.40. The molecule has 22 heavy (non-hydrogen) atoms. The van der Waals surface area contributed by atoms with Crippen LogP contribution < -0.4 is 16.6 Å². The number of nitrogens with one attached hydrogen (secondary N) is 2. The number of benzene rings is 1. The molecule has 1 atom stereocenters. The van der Waals surface area contributed by atoms with Crippen LogP contribution in [-0.4, -0.2) is 28.5 Å². The Hall–Kier alpha value is -2.21. The number of aromatic nitrogens is 2. The summed E-state index contributed by atoms with van der Waals surface area (Å²) in [6.07, 6.45) is 2.40. The lowest BCUT2D eigenvalue weighted by Gasteiger charge is -2.07. The van der Waals surface area contributed by atoms with Gasteiger partial charge in [-0.15, -0.1) is 0 Å². The van der Waals surface area contributed by atoms with Gasteiger partial charge in [0.2, 0.25) is 5.91 Å². The van der Waals surface area contributed by atoms with E-state index in [9.17, 15) is 9.59 Å². The highest BCUT2D eigenvalue weighted by Gasteiger charge is 2.05. The molecule has 1 unspecified atom stereocenters. The molecule has 0 aliphatic rings. The van der Waals surface area contributed by atoms with Gasteiger partial charge in [-0.25, -0.2) is 4.98 Å². The van der Waals surface area contributed by atoms with Crippen LogP contribution in [-0.2, 0) is 11.2 Å². The molecular formula is C16H22N4O2. The predicted molar refractivity (Wildman–Crippen MR) is 86.6 cm³/mol. The Kier molecular flexibility index (Phi) is 5.66. The summed E-state index contributed by atoms with van der Waals surface area (Å²) in [6, 6.07) is 7.31. The standard InChI is InChI=1S/C16H22N4O2/c1-11(17)9-10-18-15(21)8-4-7-14-19-13-6-3-2-5-12(13)16(22)20-14/h2-3,5-6,11H,4,7-10,17H2,1H3,(H,18,21)(H,19,20,22). The first-order chi connectivity index (χ1) is 10.6. The summed E-state index contributed by atoms with van der Waals surface area (Å²) in [6.45, 7) is 2.51. The zero-order valence-corrected chi connectivity index (χ0v) is 12.8. The fourth-order valence-corrected chi connectivity index (χ4v) is 2.20. The maximum atomic E-state index is 11.9. The fourth-order valence-electron chi connectivity index (χ4n) is 2.20. The van der Waals surface area contributed by atoms with E-state index in [0.717, 1.165) is 6.42 Å². The SMILES string of the molecule is CC(N)CCNC(=O)CCCc1nc2ccccc2c(=O)[nH]1. The maximum Gasteiger partial charge on any atom is 0.258 e. The van der Waals surface area contributed by atoms with Gasteiger partial charge in [-0.1, -0.05) is 12.1 Å². The van der Waals surface area contributed by atoms with Crippen LogP contribution in [0.25, 0.3) is 10.9 Å². The summed E-state index contributed by atoms with van der Waals surface area (Å²) in [5.41, 5.74) is 6.17. The Balaban J connectivity index is 1.84. The molecule has 0 saturated carbocycles. The van der Waals surface area contributed by atoms with Crippen molar-refractivity contribution >= 4 is 16.8 Å². The summed E-state index contributed by atoms with van der Waals surface area (Å²) < 4.78 is 0. The minimum Gasteiger partial charge on any atom is -0.356 e. The van der Waals surface area contributed by atoms with Crippen molar-refractivity contribution in [1.29, 1.82) is 0 Å². The average Bonchev–Trinajstić information content (AvgIpc) is 2.47. The second kappa shape index (κ2) is 7.70. The van der Waals surface area contributed by atoms with Gasteiger partial charge >= 0.3 is 0 Å². The van der Waals surface area contributed by atoms with E-state index in [2.05, 4.69) is 15.3 Å². The van der Waals surface area contributed by atoms with Gasteiger partial charge in [-0.3, -0.25) is 9.59 Å². The van der Waals surface area contributed by atoms with Gasteiger partial charge in [0.1, 0.15) is 5.82 Å². The van der Waals surface area contributed by atoms with Gasteiger partial charge in [0.25, 0.3) is 5.56 Å². The minimum absolute atomic E-state index is 0.00351. The Morgan fingerprint density at radius 1 is 1.41 bits per heavy atom. The van der Waals surface area contributed by atoms with E-state index in [-0.39, 0.29) is 17.5 Å². The highest BCUT2D eigenvalue weighted by Crippen LogP contribution is 2.07. The number of rotatable bonds is 7. The number of hydrogen-bond acceptors (Lipinski definition) is 4. The molecule has 1 aromatic heterocycles. The van der Waals surface area contributed by atoms with E-state index < -0.39 is 0 Å². The van der Waals surface area contributed by atoms with Crippen LogP contribution in [0.2, 0.25) is 0 Å². The first-order valence-corrected chi connectivity index (χ1v) is 7.56. The Morgan fingerprint density at radius 3 is 2.95 bits per heavy atom. The molecule has 0 aliphatic carbocycles. The average molecular weight is 302 g/mol. The van der Waals surface area contributed by atoms with Crippen molar-refractivity contribution in [3.8, 4) is 0 Å². The fraction of sp³-hybridized carbons (Fsp3) is 0.438. The van der Waals surface area contributed by atoms with Gasteiger partial charge in [0.15, 0.2) is 0 Å². The first kappa shape index (κ1) is 16.2. The molecule has 6 nitrogen and oxygen atoms in total. The molecular weight excluding hydrogens is 280 g/mol. The van der Waals surface area contributed by atoms with Crippen LogP contribution in [0.4, 0.5) is 0 Å². The summed E-state index contributed by atoms with van der Waals surface area (Å²) in [7, 11) is 0. The number of fused-ring (bicyclic) bond motifs is 1. The molecule has 0 aliphatic heterocycles. The van der Waals surface area contributed by atoms with Crippen molar-refractivity contribution in [1.82, 2.24) is 15.3 Å². The summed E-state index contributed by atoms with van der Waals surface area (Å²) in [5, 5.41) is 3.41. The molecule has 6 heteroatoms. The molecule has 0 spiro atoms. The molecule has 0 fully saturated rings. The molecule has 118 valence electrons. The lowest BCUT2D eigenvalue weighted by Crippen LogP contribution is -2.28. The van der Waals surface area contributed by atoms with Gasteiger partial charge in [0, 0.05) is 25.4 Å². The number of carbonyl (C=O) groups excluding carboxylic acids is 1. The number of para-hydroxylation sites is 1. The largest absolute Gasteiger partial charge is 0.356 e. The normalized spacial score (nSPS) is 12.3. The summed E-state index contributed by atoms with van der Waals surface area (Å²) >= 11 is 0. The second-order valence-corrected chi connectivity index (χ2v) is 5.50. The number of nitrogens with zero attached hydrogens (tertiary/aromatic N) is 1. The molecule has 0 saturated heterocycles. The quantitative estimate of drug-likeness (QED) is 0.713. The van der Waals surface area contributed by atoms with E-state index in [1.54, 1.807) is 6.07 Å². The smallest absolute Gasteiger partial charge is 0.258 e. The van der Waals surface area contributed by atoms with Crippen LogP contribution in [0, 0.1) is 0 Å². The predicted octanol–water partition coefficient (Wildman–Crippen LogP) is 1.10. The van der Waals surface area contributed by atoms with Crippen molar-refractivity contribution in [2.75, 3.05) is 6.54 Å². The third kappa shape index (κ3) is 4.66. The summed E-state index contributed by atoms with van der Waals surface area (Å²) in [5.74, 6) is 0.621. The van der Waals surface area contributed by atoms with Crippen LogP contribution >= 0.6 is 0 Å². The summed E-state index contributed by atoms with van der Waals surface area (Å²) in [4.78, 5) is 30.7. The number of nitrogens with two attached hydrogens (primary N) is 1. The number of aryl methyl sites for hydroxylation is 1. The van der Waals surface area contributed by atoms with Crippen molar-refractivity contribution in [2.24, 2.45) is 5.73 Å².